The molecule has 0 radical (unpaired) electrons. The number of likely N-dealkylation sites (tertiary alicyclic amines) is 1. The number of tetrazole rings is 1. The zero-order valence-corrected chi connectivity index (χ0v) is 23.1. The molecule has 4 rings (SSSR count). The van der Waals surface area contributed by atoms with Crippen LogP contribution in [0.15, 0.2) is 60.8 Å². The summed E-state index contributed by atoms with van der Waals surface area (Å²) in [6.45, 7) is 6.14. The molecule has 1 aliphatic rings. The predicted molar refractivity (Wildman–Crippen MR) is 150 cm³/mol. The number of hydrogen-bond acceptors (Lipinski definition) is 8. The van der Waals surface area contributed by atoms with E-state index in [0.717, 1.165) is 36.2 Å². The van der Waals surface area contributed by atoms with Crippen LogP contribution in [0.2, 0.25) is 0 Å². The van der Waals surface area contributed by atoms with Crippen molar-refractivity contribution in [3.63, 3.8) is 0 Å². The van der Waals surface area contributed by atoms with Crippen LogP contribution in [0.1, 0.15) is 56.9 Å². The molecule has 1 fully saturated rings. The molecule has 11 nitrogen and oxygen atoms in total. The number of nitriles is 1. The first kappa shape index (κ1) is 28.4. The monoisotopic (exact) mass is 541 g/mol. The standard InChI is InChI=1S/C29H35N9O2/c1-20(38-17-5-6-25(38)18-30)19-32-16-15-29(28-33-35-36-34-28,23-11-7-21(8-12-23)26(39)31-2)24-13-9-22(10-14-24)27(40)37(3)4/h7-14,25,32H,1,5-6,15-17,19H2,2-4H3,(H,31,39)(H,33,34,35,36). The third kappa shape index (κ3) is 5.72. The molecular weight excluding hydrogens is 506 g/mol. The molecule has 1 saturated heterocycles. The van der Waals surface area contributed by atoms with Gasteiger partial charge in [0.15, 0.2) is 5.82 Å². The lowest BCUT2D eigenvalue weighted by Gasteiger charge is -2.33. The maximum atomic E-state index is 12.6. The van der Waals surface area contributed by atoms with Crippen LogP contribution in [0.5, 0.6) is 0 Å². The minimum Gasteiger partial charge on any atom is -0.358 e. The number of benzene rings is 2. The topological polar surface area (TPSA) is 143 Å². The number of carbonyl (C=O) groups excluding carboxylic acids is 2. The van der Waals surface area contributed by atoms with Gasteiger partial charge < -0.3 is 20.4 Å². The third-order valence-corrected chi connectivity index (χ3v) is 7.44. The minimum absolute atomic E-state index is 0.0931. The summed E-state index contributed by atoms with van der Waals surface area (Å²) in [5.74, 6) is 0.196. The van der Waals surface area contributed by atoms with E-state index in [2.05, 4.69) is 48.8 Å². The molecule has 1 aliphatic heterocycles. The molecule has 2 amide bonds. The molecule has 0 saturated carbocycles. The smallest absolute Gasteiger partial charge is 0.253 e. The van der Waals surface area contributed by atoms with Crippen molar-refractivity contribution in [2.45, 2.75) is 30.7 Å². The van der Waals surface area contributed by atoms with Crippen LogP contribution in [0.25, 0.3) is 0 Å². The lowest BCUT2D eigenvalue weighted by molar-refractivity contribution is 0.0827. The Labute approximate surface area is 234 Å². The molecular formula is C29H35N9O2. The van der Waals surface area contributed by atoms with Crippen LogP contribution in [-0.2, 0) is 5.41 Å². The summed E-state index contributed by atoms with van der Waals surface area (Å²) < 4.78 is 0. The number of rotatable bonds is 11. The van der Waals surface area contributed by atoms with Crippen LogP contribution in [-0.4, -0.2) is 89.1 Å². The Morgan fingerprint density at radius 1 is 1.15 bits per heavy atom. The summed E-state index contributed by atoms with van der Waals surface area (Å²) in [5.41, 5.74) is 2.89. The largest absolute Gasteiger partial charge is 0.358 e. The molecule has 0 aliphatic carbocycles. The van der Waals surface area contributed by atoms with Crippen molar-refractivity contribution >= 4 is 11.8 Å². The fourth-order valence-corrected chi connectivity index (χ4v) is 5.26. The van der Waals surface area contributed by atoms with Gasteiger partial charge in [-0.15, -0.1) is 10.2 Å². The maximum Gasteiger partial charge on any atom is 0.253 e. The van der Waals surface area contributed by atoms with E-state index in [-0.39, 0.29) is 17.9 Å². The van der Waals surface area contributed by atoms with Gasteiger partial charge in [0.2, 0.25) is 0 Å². The second-order valence-corrected chi connectivity index (χ2v) is 10.0. The zero-order valence-electron chi connectivity index (χ0n) is 23.1. The zero-order chi connectivity index (χ0) is 28.7. The molecule has 0 bridgehead atoms. The number of aromatic amines is 1. The molecule has 40 heavy (non-hydrogen) atoms. The van der Waals surface area contributed by atoms with E-state index in [4.69, 9.17) is 0 Å². The Kier molecular flexibility index (Phi) is 8.91. The van der Waals surface area contributed by atoms with E-state index in [9.17, 15) is 14.9 Å². The fraction of sp³-hybridized carbons (Fsp3) is 0.379. The quantitative estimate of drug-likeness (QED) is 0.313. The predicted octanol–water partition coefficient (Wildman–Crippen LogP) is 2.08. The molecule has 3 aromatic rings. The molecule has 11 heteroatoms. The normalized spacial score (nSPS) is 16.1. The van der Waals surface area contributed by atoms with Crippen LogP contribution in [0.3, 0.4) is 0 Å². The summed E-state index contributed by atoms with van der Waals surface area (Å²) in [4.78, 5) is 28.4. The average Bonchev–Trinajstić information content (AvgIpc) is 3.70. The number of hydrogen-bond donors (Lipinski definition) is 3. The number of aromatic nitrogens is 4. The van der Waals surface area contributed by atoms with Gasteiger partial charge in [-0.2, -0.15) is 10.5 Å². The number of nitrogens with one attached hydrogen (secondary N) is 3. The summed E-state index contributed by atoms with van der Waals surface area (Å²) in [6.07, 6.45) is 2.38. The third-order valence-electron chi connectivity index (χ3n) is 7.44. The molecule has 2 aromatic carbocycles. The molecule has 1 aromatic heterocycles. The van der Waals surface area contributed by atoms with Crippen molar-refractivity contribution in [2.24, 2.45) is 0 Å². The highest BCUT2D eigenvalue weighted by molar-refractivity contribution is 5.94. The maximum absolute atomic E-state index is 12.6. The van der Waals surface area contributed by atoms with E-state index >= 15 is 0 Å². The van der Waals surface area contributed by atoms with Gasteiger partial charge in [0.25, 0.3) is 11.8 Å². The molecule has 0 spiro atoms. The summed E-state index contributed by atoms with van der Waals surface area (Å²) in [6, 6.07) is 17.0. The Balaban J connectivity index is 1.68. The lowest BCUT2D eigenvalue weighted by Crippen LogP contribution is -2.37. The minimum atomic E-state index is -0.842. The van der Waals surface area contributed by atoms with Gasteiger partial charge in [0.05, 0.1) is 11.5 Å². The fourth-order valence-electron chi connectivity index (χ4n) is 5.26. The van der Waals surface area contributed by atoms with Crippen LogP contribution in [0.4, 0.5) is 0 Å². The Morgan fingerprint density at radius 3 is 2.35 bits per heavy atom. The van der Waals surface area contributed by atoms with Crippen molar-refractivity contribution in [3.05, 3.63) is 88.9 Å². The Morgan fingerprint density at radius 2 is 1.80 bits per heavy atom. The van der Waals surface area contributed by atoms with Crippen molar-refractivity contribution < 1.29 is 9.59 Å². The second-order valence-electron chi connectivity index (χ2n) is 10.0. The summed E-state index contributed by atoms with van der Waals surface area (Å²) in [5, 5.41) is 30.8. The van der Waals surface area contributed by atoms with E-state index in [1.807, 2.05) is 24.3 Å². The molecule has 208 valence electrons. The van der Waals surface area contributed by atoms with E-state index in [1.165, 1.54) is 4.90 Å². The molecule has 3 N–H and O–H groups in total. The van der Waals surface area contributed by atoms with Crippen molar-refractivity contribution in [1.82, 2.24) is 41.1 Å². The van der Waals surface area contributed by atoms with Crippen LogP contribution in [0, 0.1) is 11.3 Å². The SMILES string of the molecule is C=C(CNCCC(c1ccc(C(=O)NC)cc1)(c1ccc(C(=O)N(C)C)cc1)c1nn[nH]n1)N1CCCC1C#N. The highest BCUT2D eigenvalue weighted by atomic mass is 16.2. The van der Waals surface area contributed by atoms with Crippen LogP contribution < -0.4 is 10.6 Å². The van der Waals surface area contributed by atoms with Gasteiger partial charge in [-0.1, -0.05) is 36.1 Å². The molecule has 2 atom stereocenters. The van der Waals surface area contributed by atoms with Crippen molar-refractivity contribution in [1.29, 1.82) is 5.26 Å². The number of H-pyrrole nitrogens is 1. The second kappa shape index (κ2) is 12.5. The first-order valence-corrected chi connectivity index (χ1v) is 13.2. The Hall–Kier alpha value is -4.56. The van der Waals surface area contributed by atoms with Gasteiger partial charge in [-0.25, -0.2) is 0 Å². The summed E-state index contributed by atoms with van der Waals surface area (Å²) >= 11 is 0. The number of carbonyl (C=O) groups is 2. The van der Waals surface area contributed by atoms with Gasteiger partial charge in [-0.3, -0.25) is 9.59 Å². The van der Waals surface area contributed by atoms with Gasteiger partial charge >= 0.3 is 0 Å². The average molecular weight is 542 g/mol. The highest BCUT2D eigenvalue weighted by Gasteiger charge is 2.40. The Bertz CT molecular complexity index is 1360. The molecule has 2 heterocycles. The number of nitrogens with zero attached hydrogens (tertiary/aromatic N) is 6. The first-order chi connectivity index (χ1) is 19.3. The van der Waals surface area contributed by atoms with Crippen molar-refractivity contribution in [3.8, 4) is 6.07 Å². The summed E-state index contributed by atoms with van der Waals surface area (Å²) in [7, 11) is 5.03. The first-order valence-electron chi connectivity index (χ1n) is 13.2. The lowest BCUT2D eigenvalue weighted by atomic mass is 9.71. The number of amides is 2. The molecule has 2 unspecified atom stereocenters. The van der Waals surface area contributed by atoms with Gasteiger partial charge in [-0.05, 0) is 61.2 Å². The van der Waals surface area contributed by atoms with E-state index in [0.29, 0.717) is 36.5 Å². The van der Waals surface area contributed by atoms with Gasteiger partial charge in [0.1, 0.15) is 6.04 Å². The van der Waals surface area contributed by atoms with E-state index < -0.39 is 5.41 Å². The highest BCUT2D eigenvalue weighted by Crippen LogP contribution is 2.40. The van der Waals surface area contributed by atoms with E-state index in [1.54, 1.807) is 45.4 Å². The van der Waals surface area contributed by atoms with Crippen molar-refractivity contribution in [2.75, 3.05) is 40.8 Å². The van der Waals surface area contributed by atoms with Crippen LogP contribution >= 0.6 is 0 Å². The van der Waals surface area contributed by atoms with Gasteiger partial charge in [0, 0.05) is 51.1 Å².